The maximum Gasteiger partial charge on any atom is 0.105 e. The number of likely N-dealkylation sites (N-methyl/N-ethyl adjacent to an activating group) is 1. The van der Waals surface area contributed by atoms with Crippen molar-refractivity contribution in [3.63, 3.8) is 0 Å². The first-order valence-electron chi connectivity index (χ1n) is 7.07. The summed E-state index contributed by atoms with van der Waals surface area (Å²) in [6, 6.07) is 7.79. The third-order valence-corrected chi connectivity index (χ3v) is 4.09. The molecule has 1 aliphatic heterocycles. The van der Waals surface area contributed by atoms with Crippen LogP contribution in [0.5, 0.6) is 0 Å². The Bertz CT molecular complexity index is 384. The van der Waals surface area contributed by atoms with E-state index in [1.165, 1.54) is 5.69 Å². The maximum absolute atomic E-state index is 10.0. The predicted molar refractivity (Wildman–Crippen MR) is 82.5 cm³/mol. The van der Waals surface area contributed by atoms with Gasteiger partial charge in [-0.2, -0.15) is 0 Å². The largest absolute Gasteiger partial charge is 0.390 e. The molecule has 1 heterocycles. The minimum Gasteiger partial charge on any atom is -0.390 e. The molecule has 0 saturated carbocycles. The van der Waals surface area contributed by atoms with Crippen molar-refractivity contribution in [3.05, 3.63) is 29.8 Å². The SMILES string of the molecule is CN1CCN(c2ccc(C(O)C(O)CCCl)cc2)CC1. The van der Waals surface area contributed by atoms with Gasteiger partial charge in [-0.1, -0.05) is 12.1 Å². The number of alkyl halides is 1. The fourth-order valence-electron chi connectivity index (χ4n) is 2.44. The van der Waals surface area contributed by atoms with E-state index in [-0.39, 0.29) is 0 Å². The van der Waals surface area contributed by atoms with Gasteiger partial charge < -0.3 is 20.0 Å². The van der Waals surface area contributed by atoms with Gasteiger partial charge in [0.2, 0.25) is 0 Å². The van der Waals surface area contributed by atoms with E-state index in [9.17, 15) is 10.2 Å². The minimum absolute atomic E-state index is 0.345. The Morgan fingerprint density at radius 3 is 2.25 bits per heavy atom. The van der Waals surface area contributed by atoms with Gasteiger partial charge in [-0.3, -0.25) is 0 Å². The summed E-state index contributed by atoms with van der Waals surface area (Å²) in [5, 5.41) is 19.8. The second-order valence-electron chi connectivity index (χ2n) is 5.37. The van der Waals surface area contributed by atoms with E-state index >= 15 is 0 Å². The molecule has 0 radical (unpaired) electrons. The average Bonchev–Trinajstić information content (AvgIpc) is 2.48. The molecule has 1 saturated heterocycles. The van der Waals surface area contributed by atoms with E-state index in [1.807, 2.05) is 24.3 Å². The zero-order chi connectivity index (χ0) is 14.5. The molecule has 1 aliphatic rings. The summed E-state index contributed by atoms with van der Waals surface area (Å²) in [5.74, 6) is 0.345. The van der Waals surface area contributed by atoms with E-state index < -0.39 is 12.2 Å². The van der Waals surface area contributed by atoms with Crippen LogP contribution < -0.4 is 4.90 Å². The molecule has 2 unspecified atom stereocenters. The van der Waals surface area contributed by atoms with Crippen LogP contribution in [0.3, 0.4) is 0 Å². The van der Waals surface area contributed by atoms with Crippen LogP contribution in [0, 0.1) is 0 Å². The lowest BCUT2D eigenvalue weighted by Crippen LogP contribution is -2.44. The molecule has 0 spiro atoms. The first-order valence-corrected chi connectivity index (χ1v) is 7.61. The Morgan fingerprint density at radius 2 is 1.70 bits per heavy atom. The predicted octanol–water partition coefficient (Wildman–Crippen LogP) is 1.46. The molecule has 4 nitrogen and oxygen atoms in total. The van der Waals surface area contributed by atoms with Crippen LogP contribution in [0.25, 0.3) is 0 Å². The van der Waals surface area contributed by atoms with Gasteiger partial charge in [0.1, 0.15) is 6.10 Å². The molecule has 0 bridgehead atoms. The highest BCUT2D eigenvalue weighted by atomic mass is 35.5. The normalized spacial score (nSPS) is 19.9. The standard InChI is InChI=1S/C15H23ClN2O2/c1-17-8-10-18(11-9-17)13-4-2-12(3-5-13)15(20)14(19)6-7-16/h2-5,14-15,19-20H,6-11H2,1H3. The lowest BCUT2D eigenvalue weighted by atomic mass is 10.0. The zero-order valence-electron chi connectivity index (χ0n) is 11.9. The molecule has 0 aromatic heterocycles. The van der Waals surface area contributed by atoms with Crippen LogP contribution in [0.4, 0.5) is 5.69 Å². The number of aliphatic hydroxyl groups excluding tert-OH is 2. The number of hydrogen-bond donors (Lipinski definition) is 2. The highest BCUT2D eigenvalue weighted by molar-refractivity contribution is 6.17. The van der Waals surface area contributed by atoms with Gasteiger partial charge in [0.05, 0.1) is 6.10 Å². The Labute approximate surface area is 125 Å². The van der Waals surface area contributed by atoms with Crippen molar-refractivity contribution in [3.8, 4) is 0 Å². The summed E-state index contributed by atoms with van der Waals surface area (Å²) in [6.07, 6.45) is -1.28. The first kappa shape index (κ1) is 15.6. The van der Waals surface area contributed by atoms with Crippen LogP contribution >= 0.6 is 11.6 Å². The van der Waals surface area contributed by atoms with Crippen molar-refractivity contribution in [2.24, 2.45) is 0 Å². The van der Waals surface area contributed by atoms with Crippen LogP contribution in [0.15, 0.2) is 24.3 Å². The molecule has 2 N–H and O–H groups in total. The fraction of sp³-hybridized carbons (Fsp3) is 0.600. The molecular weight excluding hydrogens is 276 g/mol. The number of rotatable bonds is 5. The second-order valence-corrected chi connectivity index (χ2v) is 5.75. The van der Waals surface area contributed by atoms with Crippen molar-refractivity contribution in [1.82, 2.24) is 4.90 Å². The molecular formula is C15H23ClN2O2. The van der Waals surface area contributed by atoms with E-state index in [4.69, 9.17) is 11.6 Å². The third-order valence-electron chi connectivity index (χ3n) is 3.87. The number of halogens is 1. The lowest BCUT2D eigenvalue weighted by Gasteiger charge is -2.34. The van der Waals surface area contributed by atoms with Gasteiger partial charge in [0.15, 0.2) is 0 Å². The van der Waals surface area contributed by atoms with Crippen LogP contribution in [0.2, 0.25) is 0 Å². The van der Waals surface area contributed by atoms with Crippen molar-refractivity contribution in [2.45, 2.75) is 18.6 Å². The molecule has 2 rings (SSSR count). The molecule has 1 aromatic rings. The van der Waals surface area contributed by atoms with Crippen LogP contribution in [-0.4, -0.2) is 60.3 Å². The van der Waals surface area contributed by atoms with Crippen LogP contribution in [0.1, 0.15) is 18.1 Å². The number of aliphatic hydroxyl groups is 2. The second kappa shape index (κ2) is 7.27. The molecule has 1 fully saturated rings. The van der Waals surface area contributed by atoms with Crippen molar-refractivity contribution in [2.75, 3.05) is 44.0 Å². The van der Waals surface area contributed by atoms with E-state index in [0.717, 1.165) is 31.7 Å². The smallest absolute Gasteiger partial charge is 0.105 e. The molecule has 5 heteroatoms. The fourth-order valence-corrected chi connectivity index (χ4v) is 2.66. The Kier molecular flexibility index (Phi) is 5.66. The van der Waals surface area contributed by atoms with Gasteiger partial charge in [0, 0.05) is 37.7 Å². The summed E-state index contributed by atoms with van der Waals surface area (Å²) < 4.78 is 0. The molecule has 0 aliphatic carbocycles. The van der Waals surface area contributed by atoms with Crippen LogP contribution in [-0.2, 0) is 0 Å². The summed E-state index contributed by atoms with van der Waals surface area (Å²) in [6.45, 7) is 4.18. The van der Waals surface area contributed by atoms with E-state index in [1.54, 1.807) is 0 Å². The van der Waals surface area contributed by atoms with Gasteiger partial charge in [-0.15, -0.1) is 11.6 Å². The number of hydrogen-bond acceptors (Lipinski definition) is 4. The van der Waals surface area contributed by atoms with Gasteiger partial charge in [-0.05, 0) is 31.2 Å². The van der Waals surface area contributed by atoms with Gasteiger partial charge in [0.25, 0.3) is 0 Å². The summed E-state index contributed by atoms with van der Waals surface area (Å²) in [5.41, 5.74) is 1.90. The third kappa shape index (κ3) is 3.85. The zero-order valence-corrected chi connectivity index (χ0v) is 12.6. The Morgan fingerprint density at radius 1 is 1.10 bits per heavy atom. The van der Waals surface area contributed by atoms with Crippen molar-refractivity contribution < 1.29 is 10.2 Å². The molecule has 2 atom stereocenters. The van der Waals surface area contributed by atoms with Crippen molar-refractivity contribution in [1.29, 1.82) is 0 Å². The lowest BCUT2D eigenvalue weighted by molar-refractivity contribution is 0.0170. The van der Waals surface area contributed by atoms with E-state index in [2.05, 4.69) is 16.8 Å². The summed E-state index contributed by atoms with van der Waals surface area (Å²) in [4.78, 5) is 4.66. The molecule has 20 heavy (non-hydrogen) atoms. The molecule has 0 amide bonds. The topological polar surface area (TPSA) is 46.9 Å². The number of nitrogens with zero attached hydrogens (tertiary/aromatic N) is 2. The maximum atomic E-state index is 10.0. The number of anilines is 1. The summed E-state index contributed by atoms with van der Waals surface area (Å²) in [7, 11) is 2.13. The van der Waals surface area contributed by atoms with E-state index in [0.29, 0.717) is 12.3 Å². The first-order chi connectivity index (χ1) is 9.61. The summed E-state index contributed by atoms with van der Waals surface area (Å²) >= 11 is 5.58. The number of benzene rings is 1. The number of piperazine rings is 1. The van der Waals surface area contributed by atoms with Gasteiger partial charge in [-0.25, -0.2) is 0 Å². The highest BCUT2D eigenvalue weighted by Gasteiger charge is 2.19. The molecule has 1 aromatic carbocycles. The Hall–Kier alpha value is -0.810. The van der Waals surface area contributed by atoms with Crippen molar-refractivity contribution >= 4 is 17.3 Å². The van der Waals surface area contributed by atoms with Gasteiger partial charge >= 0.3 is 0 Å². The highest BCUT2D eigenvalue weighted by Crippen LogP contribution is 2.23. The Balaban J connectivity index is 1.99. The monoisotopic (exact) mass is 298 g/mol. The minimum atomic E-state index is -0.865. The quantitative estimate of drug-likeness (QED) is 0.808. The average molecular weight is 299 g/mol. The molecule has 112 valence electrons.